The molecule has 0 unspecified atom stereocenters. The van der Waals surface area contributed by atoms with Gasteiger partial charge in [0.25, 0.3) is 0 Å². The molecule has 0 aliphatic carbocycles. The predicted molar refractivity (Wildman–Crippen MR) is 71.8 cm³/mol. The second kappa shape index (κ2) is 5.95. The number of carbonyl (C=O) groups excluding carboxylic acids is 3. The average Bonchev–Trinajstić information content (AvgIpc) is 2.83. The fraction of sp³-hybridized carbons (Fsp3) is 0.545. The van der Waals surface area contributed by atoms with Crippen molar-refractivity contribution in [2.24, 2.45) is 11.7 Å². The second-order valence-corrected chi connectivity index (χ2v) is 5.73. The van der Waals surface area contributed by atoms with Crippen molar-refractivity contribution in [3.63, 3.8) is 0 Å². The van der Waals surface area contributed by atoms with Gasteiger partial charge in [-0.2, -0.15) is 0 Å². The molecule has 2 rings (SSSR count). The molecule has 20 heavy (non-hydrogen) atoms. The third-order valence-electron chi connectivity index (χ3n) is 3.13. The summed E-state index contributed by atoms with van der Waals surface area (Å²) in [5, 5.41) is 10.9. The van der Waals surface area contributed by atoms with E-state index in [0.29, 0.717) is 36.1 Å². The number of anilines is 1. The molecule has 0 atom stereocenters. The van der Waals surface area contributed by atoms with E-state index in [9.17, 15) is 14.4 Å². The monoisotopic (exact) mass is 297 g/mol. The molecule has 2 heterocycles. The van der Waals surface area contributed by atoms with Crippen LogP contribution in [0.2, 0.25) is 0 Å². The summed E-state index contributed by atoms with van der Waals surface area (Å²) in [5.74, 6) is -1.93. The Kier molecular flexibility index (Phi) is 4.28. The van der Waals surface area contributed by atoms with Crippen LogP contribution in [0.3, 0.4) is 0 Å². The maximum Gasteiger partial charge on any atom is 0.315 e. The number of aromatic nitrogens is 2. The zero-order valence-corrected chi connectivity index (χ0v) is 11.8. The quantitative estimate of drug-likeness (QED) is 0.714. The van der Waals surface area contributed by atoms with E-state index in [2.05, 4.69) is 15.5 Å². The molecule has 0 bridgehead atoms. The highest BCUT2D eigenvalue weighted by Gasteiger charge is 2.29. The van der Waals surface area contributed by atoms with Crippen molar-refractivity contribution < 1.29 is 14.4 Å². The van der Waals surface area contributed by atoms with Crippen molar-refractivity contribution in [3.05, 3.63) is 5.01 Å². The van der Waals surface area contributed by atoms with Gasteiger partial charge < -0.3 is 10.6 Å². The maximum atomic E-state index is 11.9. The minimum Gasteiger partial charge on any atom is -0.369 e. The first-order valence-electron chi connectivity index (χ1n) is 6.17. The van der Waals surface area contributed by atoms with E-state index in [4.69, 9.17) is 5.73 Å². The molecule has 1 aliphatic rings. The number of nitrogens with zero attached hydrogens (tertiary/aromatic N) is 3. The minimum absolute atomic E-state index is 0.215. The third-order valence-corrected chi connectivity index (χ3v) is 3.88. The summed E-state index contributed by atoms with van der Waals surface area (Å²) in [4.78, 5) is 36.2. The molecule has 0 aromatic carbocycles. The lowest BCUT2D eigenvalue weighted by molar-refractivity contribution is -0.144. The van der Waals surface area contributed by atoms with Gasteiger partial charge in [-0.05, 0) is 19.8 Å². The van der Waals surface area contributed by atoms with Crippen LogP contribution in [0.25, 0.3) is 0 Å². The fourth-order valence-corrected chi connectivity index (χ4v) is 2.60. The van der Waals surface area contributed by atoms with Gasteiger partial charge in [0.2, 0.25) is 11.0 Å². The molecule has 1 fully saturated rings. The molecule has 0 spiro atoms. The van der Waals surface area contributed by atoms with Crippen molar-refractivity contribution in [1.29, 1.82) is 0 Å². The van der Waals surface area contributed by atoms with Crippen LogP contribution in [-0.4, -0.2) is 45.9 Å². The molecular formula is C11H15N5O3S. The summed E-state index contributed by atoms with van der Waals surface area (Å²) in [5.41, 5.74) is 5.22. The lowest BCUT2D eigenvalue weighted by atomic mass is 9.96. The number of piperidine rings is 1. The van der Waals surface area contributed by atoms with E-state index >= 15 is 0 Å². The van der Waals surface area contributed by atoms with Crippen LogP contribution in [0.4, 0.5) is 5.13 Å². The summed E-state index contributed by atoms with van der Waals surface area (Å²) < 4.78 is 0. The largest absolute Gasteiger partial charge is 0.369 e. The molecule has 1 aromatic heterocycles. The number of aryl methyl sites for hydroxylation is 1. The summed E-state index contributed by atoms with van der Waals surface area (Å²) >= 11 is 1.20. The third kappa shape index (κ3) is 3.29. The van der Waals surface area contributed by atoms with Crippen molar-refractivity contribution in [1.82, 2.24) is 15.1 Å². The van der Waals surface area contributed by atoms with E-state index < -0.39 is 11.8 Å². The molecule has 1 aliphatic heterocycles. The fourth-order valence-electron chi connectivity index (χ4n) is 2.01. The summed E-state index contributed by atoms with van der Waals surface area (Å²) in [6, 6.07) is 0. The number of hydrogen-bond donors (Lipinski definition) is 2. The van der Waals surface area contributed by atoms with Crippen LogP contribution in [0, 0.1) is 12.8 Å². The standard InChI is InChI=1S/C11H15N5O3S/c1-6-14-15-11(20-6)13-9(18)10(19)16-4-2-7(3-5-16)8(12)17/h7H,2-5H2,1H3,(H2,12,17)(H,13,15,18). The molecule has 1 aromatic rings. The first-order chi connectivity index (χ1) is 9.47. The molecule has 0 radical (unpaired) electrons. The summed E-state index contributed by atoms with van der Waals surface area (Å²) in [6.07, 6.45) is 0.985. The van der Waals surface area contributed by atoms with E-state index in [1.54, 1.807) is 6.92 Å². The highest BCUT2D eigenvalue weighted by Crippen LogP contribution is 2.18. The first-order valence-corrected chi connectivity index (χ1v) is 6.98. The van der Waals surface area contributed by atoms with E-state index in [1.165, 1.54) is 16.2 Å². The first kappa shape index (κ1) is 14.4. The van der Waals surface area contributed by atoms with Crippen molar-refractivity contribution in [2.75, 3.05) is 18.4 Å². The van der Waals surface area contributed by atoms with Gasteiger partial charge in [0.15, 0.2) is 0 Å². The average molecular weight is 297 g/mol. The number of nitrogens with one attached hydrogen (secondary N) is 1. The second-order valence-electron chi connectivity index (χ2n) is 4.55. The van der Waals surface area contributed by atoms with Gasteiger partial charge in [0.05, 0.1) is 0 Å². The molecule has 0 saturated carbocycles. The van der Waals surface area contributed by atoms with Crippen LogP contribution in [0.5, 0.6) is 0 Å². The Balaban J connectivity index is 1.88. The van der Waals surface area contributed by atoms with Gasteiger partial charge >= 0.3 is 11.8 Å². The molecule has 9 heteroatoms. The Bertz CT molecular complexity index is 536. The molecule has 3 N–H and O–H groups in total. The Labute approximate surface area is 119 Å². The number of nitrogens with two attached hydrogens (primary N) is 1. The number of carbonyl (C=O) groups is 3. The SMILES string of the molecule is Cc1nnc(NC(=O)C(=O)N2CCC(C(N)=O)CC2)s1. The molecule has 8 nitrogen and oxygen atoms in total. The van der Waals surface area contributed by atoms with Gasteiger partial charge in [-0.1, -0.05) is 11.3 Å². The van der Waals surface area contributed by atoms with E-state index in [0.717, 1.165) is 0 Å². The Morgan fingerprint density at radius 2 is 1.95 bits per heavy atom. The van der Waals surface area contributed by atoms with Crippen LogP contribution >= 0.6 is 11.3 Å². The van der Waals surface area contributed by atoms with Crippen molar-refractivity contribution in [3.8, 4) is 0 Å². The van der Waals surface area contributed by atoms with Gasteiger partial charge in [-0.15, -0.1) is 10.2 Å². The summed E-state index contributed by atoms with van der Waals surface area (Å²) in [6.45, 7) is 2.47. The Morgan fingerprint density at radius 3 is 2.45 bits per heavy atom. The topological polar surface area (TPSA) is 118 Å². The van der Waals surface area contributed by atoms with E-state index in [1.807, 2.05) is 0 Å². The normalized spacial score (nSPS) is 15.9. The maximum absolute atomic E-state index is 11.9. The Morgan fingerprint density at radius 1 is 1.30 bits per heavy atom. The minimum atomic E-state index is -0.737. The number of hydrogen-bond acceptors (Lipinski definition) is 6. The van der Waals surface area contributed by atoms with Gasteiger partial charge in [0, 0.05) is 19.0 Å². The zero-order chi connectivity index (χ0) is 14.7. The zero-order valence-electron chi connectivity index (χ0n) is 11.0. The highest BCUT2D eigenvalue weighted by atomic mass is 32.1. The summed E-state index contributed by atoms with van der Waals surface area (Å²) in [7, 11) is 0. The van der Waals surface area contributed by atoms with Crippen molar-refractivity contribution >= 4 is 34.2 Å². The lowest BCUT2D eigenvalue weighted by Gasteiger charge is -2.29. The lowest BCUT2D eigenvalue weighted by Crippen LogP contribution is -2.46. The predicted octanol–water partition coefficient (Wildman–Crippen LogP) is -0.491. The van der Waals surface area contributed by atoms with E-state index in [-0.39, 0.29) is 11.8 Å². The Hall–Kier alpha value is -2.03. The van der Waals surface area contributed by atoms with Crippen molar-refractivity contribution in [2.45, 2.75) is 19.8 Å². The molecule has 1 saturated heterocycles. The van der Waals surface area contributed by atoms with Crippen LogP contribution < -0.4 is 11.1 Å². The van der Waals surface area contributed by atoms with Gasteiger partial charge in [0.1, 0.15) is 5.01 Å². The number of amides is 3. The number of likely N-dealkylation sites (tertiary alicyclic amines) is 1. The molecular weight excluding hydrogens is 282 g/mol. The highest BCUT2D eigenvalue weighted by molar-refractivity contribution is 7.15. The smallest absolute Gasteiger partial charge is 0.315 e. The van der Waals surface area contributed by atoms with Crippen LogP contribution in [0.1, 0.15) is 17.8 Å². The van der Waals surface area contributed by atoms with Gasteiger partial charge in [-0.3, -0.25) is 19.7 Å². The van der Waals surface area contributed by atoms with Crippen LogP contribution in [-0.2, 0) is 14.4 Å². The number of primary amides is 1. The van der Waals surface area contributed by atoms with Gasteiger partial charge in [-0.25, -0.2) is 0 Å². The number of rotatable bonds is 2. The molecule has 3 amide bonds. The molecule has 108 valence electrons. The van der Waals surface area contributed by atoms with Crippen LogP contribution in [0.15, 0.2) is 0 Å².